The van der Waals surface area contributed by atoms with E-state index in [0.717, 1.165) is 11.0 Å². The van der Waals surface area contributed by atoms with Crippen LogP contribution in [-0.2, 0) is 6.54 Å². The smallest absolute Gasteiger partial charge is 0.183 e. The number of halogens is 1. The van der Waals surface area contributed by atoms with E-state index in [1.165, 1.54) is 235 Å². The Morgan fingerprint density at radius 3 is 1.13 bits per heavy atom. The number of pyridine rings is 1. The summed E-state index contributed by atoms with van der Waals surface area (Å²) in [6.07, 6.45) is 54.5. The number of hydrogen-bond acceptors (Lipinski definition) is 1. The fourth-order valence-corrected chi connectivity index (χ4v) is 8.43. The Hall–Kier alpha value is -1.61. The van der Waals surface area contributed by atoms with Crippen LogP contribution in [0.1, 0.15) is 237 Å². The minimum Gasteiger partial charge on any atom is -0.372 e. The summed E-state index contributed by atoms with van der Waals surface area (Å²) in [5.74, 6) is 0. The molecule has 0 N–H and O–H groups in total. The van der Waals surface area contributed by atoms with Gasteiger partial charge in [0.25, 0.3) is 0 Å². The van der Waals surface area contributed by atoms with Gasteiger partial charge in [-0.15, -0.1) is 0 Å². The second kappa shape index (κ2) is 35.8. The van der Waals surface area contributed by atoms with Crippen LogP contribution in [0.25, 0.3) is 12.2 Å². The molecule has 0 saturated carbocycles. The van der Waals surface area contributed by atoms with E-state index in [1.54, 1.807) is 0 Å². The van der Waals surface area contributed by atoms with E-state index in [9.17, 15) is 0 Å². The lowest BCUT2D eigenvalue weighted by Crippen LogP contribution is -2.31. The van der Waals surface area contributed by atoms with Crippen molar-refractivity contribution in [2.24, 2.45) is 0 Å². The van der Waals surface area contributed by atoms with Crippen LogP contribution in [0.3, 0.4) is 0 Å². The minimum absolute atomic E-state index is 0.986. The molecule has 0 aliphatic carbocycles. The molecule has 2 aromatic rings. The van der Waals surface area contributed by atoms with Crippen molar-refractivity contribution in [3.8, 4) is 0 Å². The largest absolute Gasteiger partial charge is 0.372 e. The zero-order chi connectivity index (χ0) is 38.6. The molecule has 3 heteroatoms. The molecule has 0 atom stereocenters. The van der Waals surface area contributed by atoms with E-state index in [1.807, 2.05) is 0 Å². The third kappa shape index (κ3) is 26.3. The minimum atomic E-state index is 0.986. The van der Waals surface area contributed by atoms with Crippen molar-refractivity contribution in [1.82, 2.24) is 0 Å². The molecular formula is C51H88BrN2+. The summed E-state index contributed by atoms with van der Waals surface area (Å²) in [7, 11) is 0. The van der Waals surface area contributed by atoms with Crippen LogP contribution < -0.4 is 9.47 Å². The molecular weight excluding hydrogens is 720 g/mol. The molecule has 1 heterocycles. The maximum absolute atomic E-state index is 3.75. The summed E-state index contributed by atoms with van der Waals surface area (Å²) >= 11 is 3.75. The first-order valence-electron chi connectivity index (χ1n) is 23.9. The van der Waals surface area contributed by atoms with Crippen molar-refractivity contribution in [2.75, 3.05) is 18.0 Å². The van der Waals surface area contributed by atoms with E-state index < -0.39 is 0 Å². The van der Waals surface area contributed by atoms with Gasteiger partial charge in [-0.2, -0.15) is 0 Å². The molecule has 0 aliphatic heterocycles. The topological polar surface area (TPSA) is 7.12 Å². The lowest BCUT2D eigenvalue weighted by Gasteiger charge is -2.25. The quantitative estimate of drug-likeness (QED) is 0.0484. The fourth-order valence-electron chi connectivity index (χ4n) is 7.90. The summed E-state index contributed by atoms with van der Waals surface area (Å²) in [5.41, 5.74) is 3.89. The number of nitrogens with zero attached hydrogens (tertiary/aromatic N) is 2. The predicted octanol–water partition coefficient (Wildman–Crippen LogP) is 17.3. The Kier molecular flexibility index (Phi) is 32.2. The highest BCUT2D eigenvalue weighted by atomic mass is 79.9. The summed E-state index contributed by atoms with van der Waals surface area (Å²) in [4.78, 5) is 2.69. The van der Waals surface area contributed by atoms with Gasteiger partial charge >= 0.3 is 0 Å². The van der Waals surface area contributed by atoms with Crippen LogP contribution in [0.4, 0.5) is 5.69 Å². The van der Waals surface area contributed by atoms with Gasteiger partial charge < -0.3 is 4.90 Å². The fraction of sp³-hybridized carbons (Fsp3) is 0.745. The molecule has 0 saturated heterocycles. The van der Waals surface area contributed by atoms with E-state index in [4.69, 9.17) is 0 Å². The van der Waals surface area contributed by atoms with Crippen molar-refractivity contribution in [3.63, 3.8) is 0 Å². The average molecular weight is 809 g/mol. The number of anilines is 1. The van der Waals surface area contributed by atoms with Crippen molar-refractivity contribution in [2.45, 2.75) is 233 Å². The molecule has 0 aliphatic rings. The Balaban J connectivity index is 1.66. The summed E-state index contributed by atoms with van der Waals surface area (Å²) < 4.78 is 3.34. The third-order valence-electron chi connectivity index (χ3n) is 11.6. The second-order valence-electron chi connectivity index (χ2n) is 16.6. The number of hydrogen-bond donors (Lipinski definition) is 0. The first kappa shape index (κ1) is 48.5. The maximum Gasteiger partial charge on any atom is 0.183 e. The molecule has 0 spiro atoms. The molecule has 0 radical (unpaired) electrons. The van der Waals surface area contributed by atoms with Crippen molar-refractivity contribution in [1.29, 1.82) is 0 Å². The number of unbranched alkanes of at least 4 members (excludes halogenated alkanes) is 30. The summed E-state index contributed by atoms with van der Waals surface area (Å²) in [6.45, 7) is 10.2. The number of aromatic nitrogens is 1. The molecule has 0 fully saturated rings. The SMILES string of the molecule is CCCCCCCCCCCCCCCCCCN(CCCCCCCCCCCCCCCCCC)c1ccc(/C=C/c2cc[n+](CC)cc2Br)cc1. The highest BCUT2D eigenvalue weighted by molar-refractivity contribution is 9.10. The molecule has 308 valence electrons. The highest BCUT2D eigenvalue weighted by Crippen LogP contribution is 2.22. The Bertz CT molecular complexity index is 1090. The van der Waals surface area contributed by atoms with Gasteiger partial charge in [0.2, 0.25) is 0 Å². The Morgan fingerprint density at radius 2 is 0.796 bits per heavy atom. The number of aryl methyl sites for hydroxylation is 1. The van der Waals surface area contributed by atoms with Gasteiger partial charge in [-0.25, -0.2) is 4.57 Å². The van der Waals surface area contributed by atoms with Gasteiger partial charge in [0.05, 0.1) is 4.47 Å². The molecule has 2 rings (SSSR count). The lowest BCUT2D eigenvalue weighted by molar-refractivity contribution is -0.694. The molecule has 0 bridgehead atoms. The van der Waals surface area contributed by atoms with E-state index in [0.29, 0.717) is 0 Å². The highest BCUT2D eigenvalue weighted by Gasteiger charge is 2.08. The van der Waals surface area contributed by atoms with Crippen LogP contribution in [0.2, 0.25) is 0 Å². The average Bonchev–Trinajstić information content (AvgIpc) is 3.19. The van der Waals surface area contributed by atoms with Crippen LogP contribution in [0.5, 0.6) is 0 Å². The molecule has 54 heavy (non-hydrogen) atoms. The number of rotatable bonds is 38. The molecule has 0 unspecified atom stereocenters. The predicted molar refractivity (Wildman–Crippen MR) is 247 cm³/mol. The maximum atomic E-state index is 3.75. The molecule has 2 nitrogen and oxygen atoms in total. The van der Waals surface area contributed by atoms with E-state index >= 15 is 0 Å². The van der Waals surface area contributed by atoms with Crippen LogP contribution in [0, 0.1) is 0 Å². The van der Waals surface area contributed by atoms with Crippen molar-refractivity contribution < 1.29 is 4.57 Å². The Labute approximate surface area is 345 Å². The second-order valence-corrected chi connectivity index (χ2v) is 17.5. The van der Waals surface area contributed by atoms with Gasteiger partial charge in [-0.1, -0.05) is 231 Å². The normalized spacial score (nSPS) is 11.6. The first-order valence-corrected chi connectivity index (χ1v) is 24.7. The standard InChI is InChI=1S/C51H88BrN2/c1-4-7-9-11-13-15-17-19-21-23-25-27-29-31-33-35-44-54(45-36-34-32-30-28-26-24-22-20-18-16-14-12-10-8-5-2)50-41-38-48(39-42-50)37-40-49-43-46-53(6-3)47-51(49)52/h37-43,46-47H,4-36,44-45H2,1-3H3/q+1. The van der Waals surface area contributed by atoms with Crippen LogP contribution >= 0.6 is 15.9 Å². The van der Waals surface area contributed by atoms with Crippen LogP contribution in [0.15, 0.2) is 47.2 Å². The molecule has 0 amide bonds. The zero-order valence-electron chi connectivity index (χ0n) is 36.2. The van der Waals surface area contributed by atoms with Crippen molar-refractivity contribution in [3.05, 3.63) is 58.3 Å². The number of benzene rings is 1. The summed E-state index contributed by atoms with van der Waals surface area (Å²) in [6, 6.07) is 11.5. The van der Waals surface area contributed by atoms with Gasteiger partial charge in [-0.05, 0) is 53.4 Å². The zero-order valence-corrected chi connectivity index (χ0v) is 37.8. The van der Waals surface area contributed by atoms with E-state index in [-0.39, 0.29) is 0 Å². The van der Waals surface area contributed by atoms with Crippen molar-refractivity contribution >= 4 is 33.8 Å². The van der Waals surface area contributed by atoms with Crippen LogP contribution in [-0.4, -0.2) is 13.1 Å². The third-order valence-corrected chi connectivity index (χ3v) is 12.3. The first-order chi connectivity index (χ1) is 26.7. The molecule has 1 aromatic carbocycles. The van der Waals surface area contributed by atoms with Gasteiger partial charge in [0.15, 0.2) is 12.4 Å². The van der Waals surface area contributed by atoms with Gasteiger partial charge in [-0.3, -0.25) is 0 Å². The molecule has 1 aromatic heterocycles. The Morgan fingerprint density at radius 1 is 0.444 bits per heavy atom. The summed E-state index contributed by atoms with van der Waals surface area (Å²) in [5, 5.41) is 0. The van der Waals surface area contributed by atoms with E-state index in [2.05, 4.69) is 101 Å². The monoisotopic (exact) mass is 808 g/mol. The lowest BCUT2D eigenvalue weighted by atomic mass is 10.0. The van der Waals surface area contributed by atoms with Gasteiger partial charge in [0, 0.05) is 30.4 Å². The van der Waals surface area contributed by atoms with Gasteiger partial charge in [0.1, 0.15) is 6.54 Å².